The Labute approximate surface area is 213 Å². The average Bonchev–Trinajstić information content (AvgIpc) is 3.41. The van der Waals surface area contributed by atoms with Crippen LogP contribution in [-0.2, 0) is 35.5 Å². The van der Waals surface area contributed by atoms with Crippen LogP contribution in [0.3, 0.4) is 0 Å². The molecule has 0 atom stereocenters. The molecule has 4 rings (SSSR count). The Hall–Kier alpha value is -2.85. The summed E-state index contributed by atoms with van der Waals surface area (Å²) in [4.78, 5) is 26.6. The zero-order chi connectivity index (χ0) is 24.6. The smallest absolute Gasteiger partial charge is 0.341 e. The molecule has 1 aliphatic rings. The number of hydrogen-bond acceptors (Lipinski definition) is 8. The van der Waals surface area contributed by atoms with Crippen LogP contribution in [0.5, 0.6) is 5.75 Å². The summed E-state index contributed by atoms with van der Waals surface area (Å²) in [5.74, 6) is 1.03. The van der Waals surface area contributed by atoms with Gasteiger partial charge in [-0.15, -0.1) is 21.5 Å². The van der Waals surface area contributed by atoms with E-state index in [-0.39, 0.29) is 17.6 Å². The molecule has 0 saturated heterocycles. The van der Waals surface area contributed by atoms with Crippen molar-refractivity contribution >= 4 is 40.0 Å². The minimum atomic E-state index is -0.389. The Kier molecular flexibility index (Phi) is 8.81. The summed E-state index contributed by atoms with van der Waals surface area (Å²) < 4.78 is 12.8. The van der Waals surface area contributed by atoms with Crippen molar-refractivity contribution in [3.8, 4) is 5.75 Å². The first-order chi connectivity index (χ1) is 17.1. The van der Waals surface area contributed by atoms with E-state index in [0.717, 1.165) is 43.4 Å². The number of ether oxygens (including phenoxy) is 2. The molecule has 0 saturated carbocycles. The van der Waals surface area contributed by atoms with Gasteiger partial charge in [0.05, 0.1) is 18.4 Å². The topological polar surface area (TPSA) is 95.3 Å². The van der Waals surface area contributed by atoms with Gasteiger partial charge in [0.15, 0.2) is 11.0 Å². The number of benzene rings is 1. The number of nitrogens with zero attached hydrogens (tertiary/aromatic N) is 3. The number of nitrogens with one attached hydrogen (secondary N) is 1. The number of para-hydroxylation sites is 1. The van der Waals surface area contributed by atoms with E-state index in [1.807, 2.05) is 41.8 Å². The standard InChI is InChI=1S/C25H30N4O4S2/c1-3-29-20(15-33-17-11-7-6-8-12-17)27-28-25(29)34-16-21(30)26-23-22(24(31)32-2)18-13-9-4-5-10-14-19(18)35-23/h6-8,11-12H,3-5,9-10,13-16H2,1-2H3,(H,26,30). The van der Waals surface area contributed by atoms with Crippen LogP contribution in [0.1, 0.15) is 59.2 Å². The molecule has 10 heteroatoms. The summed E-state index contributed by atoms with van der Waals surface area (Å²) >= 11 is 2.82. The first kappa shape index (κ1) is 25.2. The fourth-order valence-electron chi connectivity index (χ4n) is 4.13. The number of amides is 1. The SMILES string of the molecule is CCn1c(COc2ccccc2)nnc1SCC(=O)Nc1sc2c(c1C(=O)OC)CCCCCC2. The van der Waals surface area contributed by atoms with Crippen LogP contribution in [0.15, 0.2) is 35.5 Å². The van der Waals surface area contributed by atoms with Crippen molar-refractivity contribution < 1.29 is 19.1 Å². The molecule has 0 aliphatic heterocycles. The number of anilines is 1. The molecule has 0 radical (unpaired) electrons. The number of esters is 1. The van der Waals surface area contributed by atoms with Gasteiger partial charge in [-0.2, -0.15) is 0 Å². The van der Waals surface area contributed by atoms with Crippen molar-refractivity contribution in [2.24, 2.45) is 0 Å². The van der Waals surface area contributed by atoms with Gasteiger partial charge in [-0.05, 0) is 50.3 Å². The number of carbonyl (C=O) groups excluding carboxylic acids is 2. The van der Waals surface area contributed by atoms with Gasteiger partial charge >= 0.3 is 5.97 Å². The summed E-state index contributed by atoms with van der Waals surface area (Å²) in [6.07, 6.45) is 6.27. The van der Waals surface area contributed by atoms with E-state index in [4.69, 9.17) is 9.47 Å². The normalized spacial score (nSPS) is 13.4. The highest BCUT2D eigenvalue weighted by atomic mass is 32.2. The lowest BCUT2D eigenvalue weighted by molar-refractivity contribution is -0.113. The van der Waals surface area contributed by atoms with Crippen molar-refractivity contribution in [2.75, 3.05) is 18.2 Å². The van der Waals surface area contributed by atoms with Crippen LogP contribution in [0.4, 0.5) is 5.00 Å². The fourth-order valence-corrected chi connectivity index (χ4v) is 6.25. The number of carbonyl (C=O) groups is 2. The number of rotatable bonds is 9. The quantitative estimate of drug-likeness (QED) is 0.313. The van der Waals surface area contributed by atoms with Gasteiger partial charge in [0.25, 0.3) is 0 Å². The third kappa shape index (κ3) is 6.24. The maximum Gasteiger partial charge on any atom is 0.341 e. The van der Waals surface area contributed by atoms with E-state index < -0.39 is 0 Å². The van der Waals surface area contributed by atoms with Crippen LogP contribution in [0.25, 0.3) is 0 Å². The van der Waals surface area contributed by atoms with E-state index in [9.17, 15) is 9.59 Å². The fraction of sp³-hybridized carbons (Fsp3) is 0.440. The minimum Gasteiger partial charge on any atom is -0.486 e. The Morgan fingerprint density at radius 1 is 1.11 bits per heavy atom. The Bertz CT molecular complexity index is 1160. The Balaban J connectivity index is 1.42. The third-order valence-electron chi connectivity index (χ3n) is 5.87. The molecule has 2 aromatic heterocycles. The molecule has 186 valence electrons. The number of fused-ring (bicyclic) bond motifs is 1. The maximum atomic E-state index is 12.9. The molecule has 1 aliphatic carbocycles. The predicted molar refractivity (Wildman–Crippen MR) is 137 cm³/mol. The van der Waals surface area contributed by atoms with Gasteiger partial charge in [-0.25, -0.2) is 4.79 Å². The zero-order valence-corrected chi connectivity index (χ0v) is 21.7. The maximum absolute atomic E-state index is 12.9. The molecule has 0 bridgehead atoms. The van der Waals surface area contributed by atoms with Crippen molar-refractivity contribution in [3.05, 3.63) is 52.2 Å². The van der Waals surface area contributed by atoms with Crippen LogP contribution in [0.2, 0.25) is 0 Å². The Morgan fingerprint density at radius 3 is 2.63 bits per heavy atom. The third-order valence-corrected chi connectivity index (χ3v) is 8.04. The lowest BCUT2D eigenvalue weighted by Crippen LogP contribution is -2.17. The number of aryl methyl sites for hydroxylation is 1. The number of aromatic nitrogens is 3. The largest absolute Gasteiger partial charge is 0.486 e. The predicted octanol–water partition coefficient (Wildman–Crippen LogP) is 5.11. The molecular formula is C25H30N4O4S2. The van der Waals surface area contributed by atoms with Crippen LogP contribution in [-0.4, -0.2) is 39.5 Å². The molecule has 1 amide bonds. The second kappa shape index (κ2) is 12.2. The highest BCUT2D eigenvalue weighted by Crippen LogP contribution is 2.37. The highest BCUT2D eigenvalue weighted by molar-refractivity contribution is 7.99. The minimum absolute atomic E-state index is 0.154. The van der Waals surface area contributed by atoms with E-state index in [1.165, 1.54) is 41.5 Å². The lowest BCUT2D eigenvalue weighted by atomic mass is 9.96. The summed E-state index contributed by atoms with van der Waals surface area (Å²) in [5, 5.41) is 12.7. The molecule has 0 spiro atoms. The molecule has 0 fully saturated rings. The summed E-state index contributed by atoms with van der Waals surface area (Å²) in [7, 11) is 1.38. The summed E-state index contributed by atoms with van der Waals surface area (Å²) in [6.45, 7) is 2.96. The van der Waals surface area contributed by atoms with Gasteiger partial charge < -0.3 is 19.4 Å². The van der Waals surface area contributed by atoms with Gasteiger partial charge in [-0.1, -0.05) is 42.8 Å². The van der Waals surface area contributed by atoms with Gasteiger partial charge in [0.2, 0.25) is 5.91 Å². The second-order valence-electron chi connectivity index (χ2n) is 8.20. The average molecular weight is 515 g/mol. The van der Waals surface area contributed by atoms with Crippen LogP contribution >= 0.6 is 23.1 Å². The number of thioether (sulfide) groups is 1. The molecule has 1 aromatic carbocycles. The zero-order valence-electron chi connectivity index (χ0n) is 20.0. The first-order valence-corrected chi connectivity index (χ1v) is 13.7. The number of hydrogen-bond donors (Lipinski definition) is 1. The second-order valence-corrected chi connectivity index (χ2v) is 10.2. The summed E-state index contributed by atoms with van der Waals surface area (Å²) in [6, 6.07) is 9.54. The lowest BCUT2D eigenvalue weighted by Gasteiger charge is -2.11. The van der Waals surface area contributed by atoms with E-state index >= 15 is 0 Å². The van der Waals surface area contributed by atoms with Crippen LogP contribution in [0, 0.1) is 0 Å². The number of thiophene rings is 1. The first-order valence-electron chi connectivity index (χ1n) is 11.9. The molecule has 35 heavy (non-hydrogen) atoms. The molecule has 1 N–H and O–H groups in total. The molecule has 3 aromatic rings. The van der Waals surface area contributed by atoms with Crippen LogP contribution < -0.4 is 10.1 Å². The Morgan fingerprint density at radius 2 is 1.89 bits per heavy atom. The monoisotopic (exact) mass is 514 g/mol. The van der Waals surface area contributed by atoms with E-state index in [0.29, 0.717) is 34.7 Å². The molecule has 8 nitrogen and oxygen atoms in total. The summed E-state index contributed by atoms with van der Waals surface area (Å²) in [5.41, 5.74) is 1.56. The molecule has 2 heterocycles. The van der Waals surface area contributed by atoms with E-state index in [2.05, 4.69) is 15.5 Å². The van der Waals surface area contributed by atoms with Gasteiger partial charge in [-0.3, -0.25) is 4.79 Å². The highest BCUT2D eigenvalue weighted by Gasteiger charge is 2.26. The molecular weight excluding hydrogens is 484 g/mol. The number of methoxy groups -OCH3 is 1. The van der Waals surface area contributed by atoms with Gasteiger partial charge in [0.1, 0.15) is 17.4 Å². The van der Waals surface area contributed by atoms with E-state index in [1.54, 1.807) is 0 Å². The van der Waals surface area contributed by atoms with Crippen molar-refractivity contribution in [2.45, 2.75) is 63.8 Å². The van der Waals surface area contributed by atoms with Crippen molar-refractivity contribution in [1.29, 1.82) is 0 Å². The van der Waals surface area contributed by atoms with Gasteiger partial charge in [0, 0.05) is 11.4 Å². The molecule has 0 unspecified atom stereocenters. The van der Waals surface area contributed by atoms with Crippen molar-refractivity contribution in [3.63, 3.8) is 0 Å². The van der Waals surface area contributed by atoms with Crippen molar-refractivity contribution in [1.82, 2.24) is 14.8 Å².